The molecule has 0 bridgehead atoms. The van der Waals surface area contributed by atoms with Crippen molar-refractivity contribution >= 4 is 0 Å². The topological polar surface area (TPSA) is 66.4 Å². The van der Waals surface area contributed by atoms with E-state index in [2.05, 4.69) is 15.6 Å². The molecule has 2 heterocycles. The van der Waals surface area contributed by atoms with Gasteiger partial charge in [0.1, 0.15) is 11.8 Å². The Hall–Kier alpha value is -1.38. The summed E-state index contributed by atoms with van der Waals surface area (Å²) < 4.78 is 45.2. The van der Waals surface area contributed by atoms with Crippen molar-refractivity contribution in [2.75, 3.05) is 26.2 Å². The van der Waals surface area contributed by atoms with E-state index in [4.69, 9.17) is 4.74 Å². The highest BCUT2D eigenvalue weighted by Crippen LogP contribution is 2.48. The van der Waals surface area contributed by atoms with Crippen LogP contribution in [0.3, 0.4) is 0 Å². The van der Waals surface area contributed by atoms with E-state index in [1.807, 2.05) is 0 Å². The van der Waals surface area contributed by atoms with Crippen molar-refractivity contribution in [3.63, 3.8) is 0 Å². The molecule has 1 aromatic heterocycles. The van der Waals surface area contributed by atoms with Gasteiger partial charge in [-0.2, -0.15) is 13.2 Å². The molecule has 0 atom stereocenters. The van der Waals surface area contributed by atoms with Gasteiger partial charge in [-0.05, 0) is 75.2 Å². The predicted molar refractivity (Wildman–Crippen MR) is 95.5 cm³/mol. The summed E-state index contributed by atoms with van der Waals surface area (Å²) in [7, 11) is 0. The SMILES string of the molecule is OCC1(CCCNCc2cc(OC3CCNCC3)nc(C(F)(F)F)c2)CC1. The average Bonchev–Trinajstić information content (AvgIpc) is 3.42. The van der Waals surface area contributed by atoms with E-state index >= 15 is 0 Å². The summed E-state index contributed by atoms with van der Waals surface area (Å²) in [5, 5.41) is 15.7. The van der Waals surface area contributed by atoms with Crippen molar-refractivity contribution in [1.82, 2.24) is 15.6 Å². The molecule has 8 heteroatoms. The molecule has 0 amide bonds. The molecular formula is C19H28F3N3O2. The van der Waals surface area contributed by atoms with Crippen LogP contribution in [0.2, 0.25) is 0 Å². The zero-order valence-corrected chi connectivity index (χ0v) is 15.4. The Morgan fingerprint density at radius 2 is 2.00 bits per heavy atom. The lowest BCUT2D eigenvalue weighted by Crippen LogP contribution is -2.34. The summed E-state index contributed by atoms with van der Waals surface area (Å²) >= 11 is 0. The Labute approximate surface area is 157 Å². The molecule has 152 valence electrons. The first-order valence-corrected chi connectivity index (χ1v) is 9.67. The van der Waals surface area contributed by atoms with Gasteiger partial charge in [0.2, 0.25) is 5.88 Å². The Bertz CT molecular complexity index is 615. The number of aromatic nitrogens is 1. The third-order valence-electron chi connectivity index (χ3n) is 5.41. The molecule has 0 spiro atoms. The van der Waals surface area contributed by atoms with E-state index in [1.54, 1.807) is 6.07 Å². The number of nitrogens with one attached hydrogen (secondary N) is 2. The molecule has 1 saturated carbocycles. The quantitative estimate of drug-likeness (QED) is 0.569. The van der Waals surface area contributed by atoms with E-state index in [0.29, 0.717) is 18.7 Å². The second-order valence-corrected chi connectivity index (χ2v) is 7.70. The fourth-order valence-electron chi connectivity index (χ4n) is 3.44. The van der Waals surface area contributed by atoms with Gasteiger partial charge in [0.25, 0.3) is 0 Å². The highest BCUT2D eigenvalue weighted by Gasteiger charge is 2.40. The van der Waals surface area contributed by atoms with Crippen LogP contribution >= 0.6 is 0 Å². The summed E-state index contributed by atoms with van der Waals surface area (Å²) in [6.07, 6.45) is 0.912. The van der Waals surface area contributed by atoms with Gasteiger partial charge in [-0.25, -0.2) is 4.98 Å². The van der Waals surface area contributed by atoms with Crippen molar-refractivity contribution in [3.05, 3.63) is 23.4 Å². The van der Waals surface area contributed by atoms with Crippen LogP contribution in [0, 0.1) is 5.41 Å². The second kappa shape index (κ2) is 8.75. The molecule has 0 unspecified atom stereocenters. The average molecular weight is 387 g/mol. The molecule has 5 nitrogen and oxygen atoms in total. The van der Waals surface area contributed by atoms with Gasteiger partial charge in [0.15, 0.2) is 0 Å². The first kappa shape index (κ1) is 20.4. The Morgan fingerprint density at radius 3 is 2.63 bits per heavy atom. The number of pyridine rings is 1. The summed E-state index contributed by atoms with van der Waals surface area (Å²) in [6, 6.07) is 2.68. The highest BCUT2D eigenvalue weighted by molar-refractivity contribution is 5.27. The van der Waals surface area contributed by atoms with Gasteiger partial charge in [-0.3, -0.25) is 0 Å². The number of rotatable bonds is 9. The molecule has 3 rings (SSSR count). The smallest absolute Gasteiger partial charge is 0.433 e. The Balaban J connectivity index is 1.56. The molecular weight excluding hydrogens is 359 g/mol. The largest absolute Gasteiger partial charge is 0.474 e. The van der Waals surface area contributed by atoms with Gasteiger partial charge in [0.05, 0.1) is 0 Å². The molecule has 2 aliphatic rings. The second-order valence-electron chi connectivity index (χ2n) is 7.70. The molecule has 1 aliphatic carbocycles. The van der Waals surface area contributed by atoms with Crippen LogP contribution < -0.4 is 15.4 Å². The van der Waals surface area contributed by atoms with E-state index in [9.17, 15) is 18.3 Å². The molecule has 0 aromatic carbocycles. The number of nitrogens with zero attached hydrogens (tertiary/aromatic N) is 1. The minimum Gasteiger partial charge on any atom is -0.474 e. The summed E-state index contributed by atoms with van der Waals surface area (Å²) in [6.45, 7) is 2.86. The normalized spacial score (nSPS) is 19.9. The summed E-state index contributed by atoms with van der Waals surface area (Å²) in [5.41, 5.74) is -0.287. The van der Waals surface area contributed by atoms with Gasteiger partial charge < -0.3 is 20.5 Å². The number of hydrogen-bond donors (Lipinski definition) is 3. The van der Waals surface area contributed by atoms with Crippen molar-refractivity contribution in [3.8, 4) is 5.88 Å². The summed E-state index contributed by atoms with van der Waals surface area (Å²) in [4.78, 5) is 3.67. The third-order valence-corrected chi connectivity index (χ3v) is 5.41. The first-order valence-electron chi connectivity index (χ1n) is 9.67. The van der Waals surface area contributed by atoms with Crippen molar-refractivity contribution < 1.29 is 23.0 Å². The zero-order chi connectivity index (χ0) is 19.3. The lowest BCUT2D eigenvalue weighted by molar-refractivity contribution is -0.141. The van der Waals surface area contributed by atoms with E-state index in [0.717, 1.165) is 57.7 Å². The maximum atomic E-state index is 13.2. The van der Waals surface area contributed by atoms with Crippen LogP contribution in [0.5, 0.6) is 5.88 Å². The minimum absolute atomic E-state index is 0.0470. The zero-order valence-electron chi connectivity index (χ0n) is 15.4. The van der Waals surface area contributed by atoms with E-state index in [-0.39, 0.29) is 24.0 Å². The number of halogens is 3. The molecule has 27 heavy (non-hydrogen) atoms. The van der Waals surface area contributed by atoms with Crippen LogP contribution in [0.15, 0.2) is 12.1 Å². The van der Waals surface area contributed by atoms with Gasteiger partial charge in [0, 0.05) is 19.2 Å². The van der Waals surface area contributed by atoms with Crippen LogP contribution in [0.1, 0.15) is 49.8 Å². The lowest BCUT2D eigenvalue weighted by atomic mass is 10.0. The molecule has 2 fully saturated rings. The fraction of sp³-hybridized carbons (Fsp3) is 0.737. The number of aliphatic hydroxyl groups is 1. The minimum atomic E-state index is -4.50. The number of ether oxygens (including phenoxy) is 1. The molecule has 1 aromatic rings. The monoisotopic (exact) mass is 387 g/mol. The number of alkyl halides is 3. The molecule has 0 radical (unpaired) electrons. The van der Waals surface area contributed by atoms with Crippen LogP contribution in [0.25, 0.3) is 0 Å². The van der Waals surface area contributed by atoms with Crippen molar-refractivity contribution in [2.24, 2.45) is 5.41 Å². The van der Waals surface area contributed by atoms with E-state index in [1.165, 1.54) is 0 Å². The molecule has 3 N–H and O–H groups in total. The molecule has 1 aliphatic heterocycles. The maximum absolute atomic E-state index is 13.2. The predicted octanol–water partition coefficient (Wildman–Crippen LogP) is 2.87. The Kier molecular flexibility index (Phi) is 6.60. The standard InChI is InChI=1S/C19H28F3N3O2/c20-19(21,22)16-10-14(12-24-7-1-4-18(13-26)5-6-18)11-17(25-16)27-15-2-8-23-9-3-15/h10-11,15,23-24,26H,1-9,12-13H2. The van der Waals surface area contributed by atoms with E-state index < -0.39 is 11.9 Å². The number of aliphatic hydroxyl groups excluding tert-OH is 1. The highest BCUT2D eigenvalue weighted by atomic mass is 19.4. The van der Waals surface area contributed by atoms with Crippen LogP contribution in [0.4, 0.5) is 13.2 Å². The van der Waals surface area contributed by atoms with Gasteiger partial charge in [-0.1, -0.05) is 0 Å². The number of hydrogen-bond acceptors (Lipinski definition) is 5. The lowest BCUT2D eigenvalue weighted by Gasteiger charge is -2.24. The van der Waals surface area contributed by atoms with Crippen LogP contribution in [-0.4, -0.2) is 42.4 Å². The Morgan fingerprint density at radius 1 is 1.26 bits per heavy atom. The van der Waals surface area contributed by atoms with Crippen LogP contribution in [-0.2, 0) is 12.7 Å². The van der Waals surface area contributed by atoms with Gasteiger partial charge in [-0.15, -0.1) is 0 Å². The van der Waals surface area contributed by atoms with Crippen molar-refractivity contribution in [1.29, 1.82) is 0 Å². The maximum Gasteiger partial charge on any atom is 0.433 e. The summed E-state index contributed by atoms with van der Waals surface area (Å²) in [5.74, 6) is 0.0470. The first-order chi connectivity index (χ1) is 12.9. The number of piperidine rings is 1. The van der Waals surface area contributed by atoms with Crippen molar-refractivity contribution in [2.45, 2.75) is 57.3 Å². The third kappa shape index (κ3) is 6.05. The van der Waals surface area contributed by atoms with Gasteiger partial charge >= 0.3 is 6.18 Å². The fourth-order valence-corrected chi connectivity index (χ4v) is 3.44. The molecule has 1 saturated heterocycles.